The van der Waals surface area contributed by atoms with Crippen LogP contribution in [0.5, 0.6) is 17.2 Å². The molecule has 6 nitrogen and oxygen atoms in total. The fourth-order valence-corrected chi connectivity index (χ4v) is 3.77. The Hall–Kier alpha value is -3.67. The van der Waals surface area contributed by atoms with Crippen molar-refractivity contribution in [3.8, 4) is 17.2 Å². The molecule has 6 heteroatoms. The van der Waals surface area contributed by atoms with Crippen LogP contribution in [0.25, 0.3) is 0 Å². The van der Waals surface area contributed by atoms with Crippen molar-refractivity contribution in [1.82, 2.24) is 4.90 Å². The summed E-state index contributed by atoms with van der Waals surface area (Å²) < 4.78 is 5.51. The van der Waals surface area contributed by atoms with Crippen molar-refractivity contribution in [1.29, 1.82) is 0 Å². The number of carbonyl (C=O) groups is 1. The second-order valence-corrected chi connectivity index (χ2v) is 6.98. The third kappa shape index (κ3) is 3.69. The summed E-state index contributed by atoms with van der Waals surface area (Å²) in [7, 11) is 0. The number of nitrogens with zero attached hydrogens (tertiary/aromatic N) is 1. The molecule has 0 saturated carbocycles. The minimum atomic E-state index is -0.733. The molecule has 1 aliphatic rings. The molecule has 3 N–H and O–H groups in total. The van der Waals surface area contributed by atoms with Crippen LogP contribution in [0.1, 0.15) is 28.3 Å². The highest BCUT2D eigenvalue weighted by molar-refractivity contribution is 5.71. The molecule has 0 spiro atoms. The van der Waals surface area contributed by atoms with Crippen molar-refractivity contribution in [2.24, 2.45) is 0 Å². The van der Waals surface area contributed by atoms with Crippen LogP contribution in [0.4, 0.5) is 4.79 Å². The van der Waals surface area contributed by atoms with Gasteiger partial charge in [0.25, 0.3) is 0 Å². The lowest BCUT2D eigenvalue weighted by molar-refractivity contribution is 0.0829. The van der Waals surface area contributed by atoms with Gasteiger partial charge in [0.1, 0.15) is 23.9 Å². The summed E-state index contributed by atoms with van der Waals surface area (Å²) in [6, 6.07) is 18.5. The number of hydrogen-bond acceptors (Lipinski definition) is 5. The number of amides is 1. The van der Waals surface area contributed by atoms with E-state index in [-0.39, 0.29) is 29.4 Å². The number of aromatic hydroxyl groups is 3. The summed E-state index contributed by atoms with van der Waals surface area (Å²) in [6.07, 6.45) is 0.0902. The molecule has 1 aliphatic heterocycles. The number of rotatable bonds is 3. The van der Waals surface area contributed by atoms with Gasteiger partial charge in [-0.2, -0.15) is 0 Å². The molecule has 29 heavy (non-hydrogen) atoms. The molecule has 0 aliphatic carbocycles. The number of hydrogen-bond donors (Lipinski definition) is 3. The molecule has 3 aromatic carbocycles. The van der Waals surface area contributed by atoms with Gasteiger partial charge in [-0.15, -0.1) is 0 Å². The second-order valence-electron chi connectivity index (χ2n) is 6.98. The van der Waals surface area contributed by atoms with Gasteiger partial charge in [0.15, 0.2) is 0 Å². The third-order valence-electron chi connectivity index (χ3n) is 5.12. The van der Waals surface area contributed by atoms with Crippen LogP contribution < -0.4 is 0 Å². The highest BCUT2D eigenvalue weighted by Gasteiger charge is 2.36. The fourth-order valence-electron chi connectivity index (χ4n) is 3.77. The minimum absolute atomic E-state index is 0.123. The summed E-state index contributed by atoms with van der Waals surface area (Å²) >= 11 is 0. The highest BCUT2D eigenvalue weighted by Crippen LogP contribution is 2.45. The smallest absolute Gasteiger partial charge is 0.410 e. The molecule has 1 amide bonds. The molecular formula is C23H21NO5. The van der Waals surface area contributed by atoms with E-state index in [0.717, 1.165) is 28.8 Å². The first-order valence-electron chi connectivity index (χ1n) is 9.34. The molecular weight excluding hydrogens is 370 g/mol. The number of benzene rings is 3. The van der Waals surface area contributed by atoms with Gasteiger partial charge in [0.2, 0.25) is 0 Å². The van der Waals surface area contributed by atoms with Crippen molar-refractivity contribution in [3.63, 3.8) is 0 Å². The average Bonchev–Trinajstić information content (AvgIpc) is 2.72. The number of ether oxygens (including phenoxy) is 1. The number of carbonyl (C=O) groups excluding carboxylic acids is 1. The Balaban J connectivity index is 1.70. The first-order chi connectivity index (χ1) is 14.0. The Kier molecular flexibility index (Phi) is 4.99. The topological polar surface area (TPSA) is 90.2 Å². The van der Waals surface area contributed by atoms with E-state index in [4.69, 9.17) is 4.74 Å². The Morgan fingerprint density at radius 1 is 0.966 bits per heavy atom. The maximum absolute atomic E-state index is 12.9. The Labute approximate surface area is 168 Å². The molecule has 0 saturated heterocycles. The standard InChI is InChI=1S/C23H21NO5/c25-17-12-19(26)21(20(27)13-17)22-18-9-5-4-8-16(18)10-11-24(22)23(28)29-14-15-6-2-1-3-7-15/h1-9,12-13,22,25-27H,10-11,14H2. The van der Waals surface area contributed by atoms with Crippen LogP contribution in [-0.4, -0.2) is 32.9 Å². The number of phenols is 3. The Bertz CT molecular complexity index is 1010. The molecule has 4 rings (SSSR count). The zero-order valence-electron chi connectivity index (χ0n) is 15.7. The number of fused-ring (bicyclic) bond motifs is 1. The van der Waals surface area contributed by atoms with Gasteiger partial charge in [-0.05, 0) is 23.1 Å². The zero-order chi connectivity index (χ0) is 20.4. The molecule has 1 heterocycles. The number of phenolic OH excluding ortho intramolecular Hbond substituents is 3. The molecule has 148 valence electrons. The summed E-state index contributed by atoms with van der Waals surface area (Å²) in [5.74, 6) is -0.832. The van der Waals surface area contributed by atoms with Crippen LogP contribution in [0.2, 0.25) is 0 Å². The van der Waals surface area contributed by atoms with E-state index in [1.807, 2.05) is 54.6 Å². The van der Waals surface area contributed by atoms with Gasteiger partial charge >= 0.3 is 6.09 Å². The van der Waals surface area contributed by atoms with Crippen LogP contribution in [-0.2, 0) is 17.8 Å². The van der Waals surface area contributed by atoms with E-state index < -0.39 is 12.1 Å². The van der Waals surface area contributed by atoms with Crippen molar-refractivity contribution in [2.45, 2.75) is 19.1 Å². The quantitative estimate of drug-likeness (QED) is 0.626. The van der Waals surface area contributed by atoms with E-state index >= 15 is 0 Å². The first kappa shape index (κ1) is 18.7. The summed E-state index contributed by atoms with van der Waals surface area (Å²) in [5, 5.41) is 30.6. The first-order valence-corrected chi connectivity index (χ1v) is 9.34. The molecule has 1 unspecified atom stereocenters. The third-order valence-corrected chi connectivity index (χ3v) is 5.12. The fraction of sp³-hybridized carbons (Fsp3) is 0.174. The molecule has 0 radical (unpaired) electrons. The summed E-state index contributed by atoms with van der Waals surface area (Å²) in [5.41, 5.74) is 2.85. The van der Waals surface area contributed by atoms with Crippen LogP contribution in [0.15, 0.2) is 66.7 Å². The van der Waals surface area contributed by atoms with Gasteiger partial charge in [0.05, 0.1) is 11.6 Å². The second kappa shape index (κ2) is 7.75. The van der Waals surface area contributed by atoms with Gasteiger partial charge in [0, 0.05) is 18.7 Å². The van der Waals surface area contributed by atoms with Crippen molar-refractivity contribution in [2.75, 3.05) is 6.54 Å². The van der Waals surface area contributed by atoms with Gasteiger partial charge in [-0.3, -0.25) is 4.90 Å². The lowest BCUT2D eigenvalue weighted by atomic mass is 9.87. The van der Waals surface area contributed by atoms with E-state index in [2.05, 4.69) is 0 Å². The van der Waals surface area contributed by atoms with Crippen molar-refractivity contribution in [3.05, 3.63) is 89.0 Å². The van der Waals surface area contributed by atoms with E-state index in [0.29, 0.717) is 13.0 Å². The van der Waals surface area contributed by atoms with Crippen molar-refractivity contribution >= 4 is 6.09 Å². The maximum atomic E-state index is 12.9. The van der Waals surface area contributed by atoms with Gasteiger partial charge in [-0.1, -0.05) is 54.6 Å². The SMILES string of the molecule is O=C(OCc1ccccc1)N1CCc2ccccc2C1c1c(O)cc(O)cc1O. The highest BCUT2D eigenvalue weighted by atomic mass is 16.6. The van der Waals surface area contributed by atoms with Gasteiger partial charge in [-0.25, -0.2) is 4.79 Å². The van der Waals surface area contributed by atoms with E-state index in [1.54, 1.807) is 0 Å². The molecule has 0 aromatic heterocycles. The maximum Gasteiger partial charge on any atom is 0.410 e. The molecule has 3 aromatic rings. The lowest BCUT2D eigenvalue weighted by Crippen LogP contribution is -2.41. The monoisotopic (exact) mass is 391 g/mol. The predicted molar refractivity (Wildman–Crippen MR) is 107 cm³/mol. The minimum Gasteiger partial charge on any atom is -0.508 e. The molecule has 0 fully saturated rings. The van der Waals surface area contributed by atoms with E-state index in [9.17, 15) is 20.1 Å². The van der Waals surface area contributed by atoms with Gasteiger partial charge < -0.3 is 20.1 Å². The average molecular weight is 391 g/mol. The van der Waals surface area contributed by atoms with Crippen LogP contribution in [0.3, 0.4) is 0 Å². The Morgan fingerprint density at radius 2 is 1.62 bits per heavy atom. The van der Waals surface area contributed by atoms with E-state index in [1.165, 1.54) is 4.90 Å². The van der Waals surface area contributed by atoms with Crippen LogP contribution in [0, 0.1) is 0 Å². The predicted octanol–water partition coefficient (Wildman–Crippen LogP) is 4.09. The summed E-state index contributed by atoms with van der Waals surface area (Å²) in [6.45, 7) is 0.493. The van der Waals surface area contributed by atoms with Crippen molar-refractivity contribution < 1.29 is 24.9 Å². The largest absolute Gasteiger partial charge is 0.508 e. The molecule has 0 bridgehead atoms. The lowest BCUT2D eigenvalue weighted by Gasteiger charge is -2.37. The Morgan fingerprint density at radius 3 is 2.34 bits per heavy atom. The normalized spacial score (nSPS) is 15.6. The molecule has 1 atom stereocenters. The summed E-state index contributed by atoms with van der Waals surface area (Å²) in [4.78, 5) is 14.4. The zero-order valence-corrected chi connectivity index (χ0v) is 15.7. The van der Waals surface area contributed by atoms with Crippen LogP contribution >= 0.6 is 0 Å².